The summed E-state index contributed by atoms with van der Waals surface area (Å²) >= 11 is 0. The van der Waals surface area contributed by atoms with E-state index in [1.165, 1.54) is 39.2 Å². The third-order valence-corrected chi connectivity index (χ3v) is 4.16. The molecule has 7 nitrogen and oxygen atoms in total. The van der Waals surface area contributed by atoms with Crippen LogP contribution < -0.4 is 20.9 Å². The van der Waals surface area contributed by atoms with Crippen LogP contribution in [0.15, 0.2) is 23.1 Å². The van der Waals surface area contributed by atoms with E-state index in [-0.39, 0.29) is 16.3 Å². The molecule has 0 bridgehead atoms. The molecule has 19 heavy (non-hydrogen) atoms. The largest absolute Gasteiger partial charge is 0.495 e. The number of hydrogen-bond donors (Lipinski definition) is 3. The van der Waals surface area contributed by atoms with Crippen LogP contribution in [0.25, 0.3) is 0 Å². The van der Waals surface area contributed by atoms with Gasteiger partial charge in [0.1, 0.15) is 16.2 Å². The average molecular weight is 287 g/mol. The zero-order valence-corrected chi connectivity index (χ0v) is 11.7. The SMILES string of the molecule is COc1ccc(N)cc1S(=O)(=O)NC(C)(C)C(N)=O. The second-order valence-electron chi connectivity index (χ2n) is 4.51. The van der Waals surface area contributed by atoms with Gasteiger partial charge < -0.3 is 16.2 Å². The lowest BCUT2D eigenvalue weighted by Crippen LogP contribution is -2.52. The highest BCUT2D eigenvalue weighted by Crippen LogP contribution is 2.26. The van der Waals surface area contributed by atoms with E-state index in [1.54, 1.807) is 0 Å². The van der Waals surface area contributed by atoms with Crippen LogP contribution in [0.2, 0.25) is 0 Å². The van der Waals surface area contributed by atoms with Crippen LogP contribution in [0.1, 0.15) is 13.8 Å². The van der Waals surface area contributed by atoms with Crippen LogP contribution in [-0.4, -0.2) is 27.0 Å². The van der Waals surface area contributed by atoms with Crippen molar-refractivity contribution in [2.75, 3.05) is 12.8 Å². The number of nitrogens with two attached hydrogens (primary N) is 2. The molecule has 5 N–H and O–H groups in total. The smallest absolute Gasteiger partial charge is 0.245 e. The summed E-state index contributed by atoms with van der Waals surface area (Å²) in [5.74, 6) is -0.666. The number of sulfonamides is 1. The topological polar surface area (TPSA) is 125 Å². The van der Waals surface area contributed by atoms with Crippen LogP contribution >= 0.6 is 0 Å². The molecule has 0 aliphatic rings. The van der Waals surface area contributed by atoms with Crippen molar-refractivity contribution in [3.05, 3.63) is 18.2 Å². The van der Waals surface area contributed by atoms with Crippen LogP contribution in [0.4, 0.5) is 5.69 Å². The van der Waals surface area contributed by atoms with Gasteiger partial charge >= 0.3 is 0 Å². The maximum absolute atomic E-state index is 12.2. The fourth-order valence-electron chi connectivity index (χ4n) is 1.34. The molecule has 0 saturated heterocycles. The molecule has 0 aliphatic carbocycles. The molecule has 106 valence electrons. The lowest BCUT2D eigenvalue weighted by molar-refractivity contribution is -0.122. The first-order valence-electron chi connectivity index (χ1n) is 5.37. The number of benzene rings is 1. The van der Waals surface area contributed by atoms with E-state index in [0.717, 1.165) is 0 Å². The number of ether oxygens (including phenoxy) is 1. The molecule has 1 rings (SSSR count). The Hall–Kier alpha value is -1.80. The van der Waals surface area contributed by atoms with E-state index < -0.39 is 21.5 Å². The fourth-order valence-corrected chi connectivity index (χ4v) is 2.93. The normalized spacial score (nSPS) is 12.2. The summed E-state index contributed by atoms with van der Waals surface area (Å²) in [5.41, 5.74) is 9.54. The van der Waals surface area contributed by atoms with Crippen molar-refractivity contribution < 1.29 is 17.9 Å². The number of nitrogen functional groups attached to an aromatic ring is 1. The molecular formula is C11H17N3O4S. The van der Waals surface area contributed by atoms with Gasteiger partial charge in [0.2, 0.25) is 15.9 Å². The molecule has 1 aromatic carbocycles. The van der Waals surface area contributed by atoms with Crippen molar-refractivity contribution in [2.24, 2.45) is 5.73 Å². The van der Waals surface area contributed by atoms with E-state index in [2.05, 4.69) is 4.72 Å². The van der Waals surface area contributed by atoms with E-state index in [9.17, 15) is 13.2 Å². The van der Waals surface area contributed by atoms with E-state index >= 15 is 0 Å². The standard InChI is InChI=1S/C11H17N3O4S/c1-11(2,10(13)15)14-19(16,17)9-6-7(12)4-5-8(9)18-3/h4-6,14H,12H2,1-3H3,(H2,13,15). The van der Waals surface area contributed by atoms with E-state index in [0.29, 0.717) is 0 Å². The molecule has 0 aliphatic heterocycles. The molecule has 0 atom stereocenters. The fraction of sp³-hybridized carbons (Fsp3) is 0.364. The van der Waals surface area contributed by atoms with Gasteiger partial charge in [0.15, 0.2) is 0 Å². The number of methoxy groups -OCH3 is 1. The Morgan fingerprint density at radius 2 is 1.95 bits per heavy atom. The number of nitrogens with one attached hydrogen (secondary N) is 1. The Balaban J connectivity index is 3.28. The molecule has 8 heteroatoms. The first kappa shape index (κ1) is 15.3. The molecular weight excluding hydrogens is 270 g/mol. The molecule has 0 spiro atoms. The minimum atomic E-state index is -3.98. The van der Waals surface area contributed by atoms with Crippen molar-refractivity contribution in [1.82, 2.24) is 4.72 Å². The van der Waals surface area contributed by atoms with Crippen molar-refractivity contribution in [2.45, 2.75) is 24.3 Å². The Labute approximate surface area is 112 Å². The average Bonchev–Trinajstić information content (AvgIpc) is 2.27. The zero-order valence-electron chi connectivity index (χ0n) is 10.9. The second-order valence-corrected chi connectivity index (χ2v) is 6.16. The number of primary amides is 1. The number of anilines is 1. The molecule has 1 aromatic rings. The summed E-state index contributed by atoms with van der Waals surface area (Å²) in [7, 11) is -2.65. The zero-order chi connectivity index (χ0) is 14.8. The lowest BCUT2D eigenvalue weighted by atomic mass is 10.1. The minimum Gasteiger partial charge on any atom is -0.495 e. The van der Waals surface area contributed by atoms with Crippen molar-refractivity contribution >= 4 is 21.6 Å². The summed E-state index contributed by atoms with van der Waals surface area (Å²) in [6, 6.07) is 4.19. The number of carbonyl (C=O) groups excluding carboxylic acids is 1. The van der Waals surface area contributed by atoms with Crippen molar-refractivity contribution in [3.63, 3.8) is 0 Å². The van der Waals surface area contributed by atoms with E-state index in [1.807, 2.05) is 0 Å². The summed E-state index contributed by atoms with van der Waals surface area (Å²) in [4.78, 5) is 11.0. The minimum absolute atomic E-state index is 0.127. The van der Waals surface area contributed by atoms with Gasteiger partial charge in [0.05, 0.1) is 7.11 Å². The van der Waals surface area contributed by atoms with E-state index in [4.69, 9.17) is 16.2 Å². The summed E-state index contributed by atoms with van der Waals surface area (Å²) in [5, 5.41) is 0. The second kappa shape index (κ2) is 5.06. The Morgan fingerprint density at radius 1 is 1.37 bits per heavy atom. The molecule has 0 aromatic heterocycles. The number of hydrogen-bond acceptors (Lipinski definition) is 5. The predicted molar refractivity (Wildman–Crippen MR) is 71.0 cm³/mol. The van der Waals surface area contributed by atoms with Crippen LogP contribution in [-0.2, 0) is 14.8 Å². The highest BCUT2D eigenvalue weighted by Gasteiger charge is 2.32. The highest BCUT2D eigenvalue weighted by molar-refractivity contribution is 7.89. The van der Waals surface area contributed by atoms with Crippen molar-refractivity contribution in [3.8, 4) is 5.75 Å². The van der Waals surface area contributed by atoms with Gasteiger partial charge in [-0.3, -0.25) is 4.79 Å². The summed E-state index contributed by atoms with van der Waals surface area (Å²) in [6.45, 7) is 2.73. The molecule has 0 fully saturated rings. The quantitative estimate of drug-likeness (QED) is 0.648. The van der Waals surface area contributed by atoms with Gasteiger partial charge in [-0.25, -0.2) is 8.42 Å². The van der Waals surface area contributed by atoms with Crippen LogP contribution in [0.3, 0.4) is 0 Å². The highest BCUT2D eigenvalue weighted by atomic mass is 32.2. The summed E-state index contributed by atoms with van der Waals surface area (Å²) < 4.78 is 31.6. The lowest BCUT2D eigenvalue weighted by Gasteiger charge is -2.22. The molecule has 0 radical (unpaired) electrons. The van der Waals surface area contributed by atoms with Gasteiger partial charge in [0.25, 0.3) is 0 Å². The number of rotatable bonds is 5. The first-order chi connectivity index (χ1) is 8.60. The number of carbonyl (C=O) groups is 1. The maximum atomic E-state index is 12.2. The Kier molecular flexibility index (Phi) is 4.06. The van der Waals surface area contributed by atoms with Gasteiger partial charge in [-0.2, -0.15) is 4.72 Å². The summed E-state index contributed by atoms with van der Waals surface area (Å²) in [6.07, 6.45) is 0. The van der Waals surface area contributed by atoms with Crippen LogP contribution in [0.5, 0.6) is 5.75 Å². The van der Waals surface area contributed by atoms with Crippen LogP contribution in [0, 0.1) is 0 Å². The van der Waals surface area contributed by atoms with Gasteiger partial charge in [0, 0.05) is 5.69 Å². The Bertz CT molecular complexity index is 596. The monoisotopic (exact) mass is 287 g/mol. The van der Waals surface area contributed by atoms with Gasteiger partial charge in [-0.15, -0.1) is 0 Å². The third-order valence-electron chi connectivity index (χ3n) is 2.48. The third kappa shape index (κ3) is 3.36. The molecule has 0 saturated carbocycles. The maximum Gasteiger partial charge on any atom is 0.245 e. The molecule has 1 amide bonds. The molecule has 0 heterocycles. The predicted octanol–water partition coefficient (Wildman–Crippen LogP) is -0.180. The molecule has 0 unspecified atom stereocenters. The van der Waals surface area contributed by atoms with Gasteiger partial charge in [-0.05, 0) is 32.0 Å². The number of amides is 1. The van der Waals surface area contributed by atoms with Crippen molar-refractivity contribution in [1.29, 1.82) is 0 Å². The van der Waals surface area contributed by atoms with Gasteiger partial charge in [-0.1, -0.05) is 0 Å². The Morgan fingerprint density at radius 3 is 2.42 bits per heavy atom. The first-order valence-corrected chi connectivity index (χ1v) is 6.86.